The molecule has 0 spiro atoms. The molecular formula is C20H36N6O4. The van der Waals surface area contributed by atoms with E-state index in [4.69, 9.17) is 31.4 Å². The minimum atomic E-state index is 0.296. The van der Waals surface area contributed by atoms with Crippen molar-refractivity contribution in [3.8, 4) is 0 Å². The number of hydrogen-bond acceptors (Lipinski definition) is 7. The summed E-state index contributed by atoms with van der Waals surface area (Å²) in [7, 11) is 0. The second kappa shape index (κ2) is 19.8. The van der Waals surface area contributed by atoms with E-state index in [-0.39, 0.29) is 0 Å². The van der Waals surface area contributed by atoms with Gasteiger partial charge in [-0.1, -0.05) is 31.2 Å². The van der Waals surface area contributed by atoms with Gasteiger partial charge in [0.15, 0.2) is 5.84 Å². The molecule has 0 aliphatic heterocycles. The summed E-state index contributed by atoms with van der Waals surface area (Å²) in [6, 6.07) is 7.32. The second-order valence-corrected chi connectivity index (χ2v) is 6.05. The van der Waals surface area contributed by atoms with Crippen LogP contribution >= 0.6 is 0 Å². The summed E-state index contributed by atoms with van der Waals surface area (Å²) in [6.45, 7) is 8.74. The molecule has 1 rings (SSSR count). The Labute approximate surface area is 178 Å². The van der Waals surface area contributed by atoms with Crippen LogP contribution in [0.1, 0.15) is 31.4 Å². The van der Waals surface area contributed by atoms with Crippen LogP contribution in [0.25, 0.3) is 0 Å². The minimum absolute atomic E-state index is 0.296. The van der Waals surface area contributed by atoms with Crippen LogP contribution in [-0.4, -0.2) is 64.3 Å². The highest BCUT2D eigenvalue weighted by Gasteiger charge is 1.98. The molecule has 0 atom stereocenters. The molecule has 1 aromatic carbocycles. The first kappa shape index (κ1) is 27.5. The molecule has 0 bridgehead atoms. The zero-order chi connectivity index (χ0) is 22.5. The number of nitrogens with one attached hydrogen (secondary N) is 1. The topological polar surface area (TPSA) is 160 Å². The van der Waals surface area contributed by atoms with Crippen LogP contribution in [0, 0.1) is 0 Å². The van der Waals surface area contributed by atoms with Gasteiger partial charge in [0.1, 0.15) is 5.84 Å². The molecule has 1 aromatic rings. The molecule has 1 amide bonds. The number of hydrogen-bond donors (Lipinski definition) is 4. The van der Waals surface area contributed by atoms with E-state index in [0.29, 0.717) is 64.2 Å². The lowest BCUT2D eigenvalue weighted by atomic mass is 10.1. The van der Waals surface area contributed by atoms with Crippen LogP contribution in [-0.2, 0) is 25.5 Å². The molecule has 0 fully saturated rings. The number of benzene rings is 1. The van der Waals surface area contributed by atoms with Gasteiger partial charge in [0, 0.05) is 25.3 Å². The first-order valence-electron chi connectivity index (χ1n) is 9.87. The molecule has 30 heavy (non-hydrogen) atoms. The van der Waals surface area contributed by atoms with Gasteiger partial charge in [-0.15, -0.1) is 10.2 Å². The van der Waals surface area contributed by atoms with Crippen LogP contribution in [0.3, 0.4) is 0 Å². The average molecular weight is 425 g/mol. The molecule has 7 N–H and O–H groups in total. The highest BCUT2D eigenvalue weighted by molar-refractivity contribution is 5.97. The van der Waals surface area contributed by atoms with Gasteiger partial charge in [0.05, 0.1) is 33.0 Å². The smallest absolute Gasteiger partial charge is 0.207 e. The predicted octanol–water partition coefficient (Wildman–Crippen LogP) is 0.335. The van der Waals surface area contributed by atoms with Crippen molar-refractivity contribution < 1.29 is 19.0 Å². The van der Waals surface area contributed by atoms with Crippen LogP contribution in [0.2, 0.25) is 0 Å². The van der Waals surface area contributed by atoms with Crippen LogP contribution < -0.4 is 22.5 Å². The Hall–Kier alpha value is -2.53. The maximum atomic E-state index is 10.1. The Morgan fingerprint density at radius 3 is 2.03 bits per heavy atom. The van der Waals surface area contributed by atoms with Crippen molar-refractivity contribution in [2.24, 2.45) is 27.4 Å². The summed E-state index contributed by atoms with van der Waals surface area (Å²) in [4.78, 5) is 10.1. The average Bonchev–Trinajstić information content (AvgIpc) is 2.75. The Morgan fingerprint density at radius 1 is 0.967 bits per heavy atom. The van der Waals surface area contributed by atoms with E-state index in [2.05, 4.69) is 22.4 Å². The van der Waals surface area contributed by atoms with Crippen LogP contribution in [0.15, 0.2) is 34.5 Å². The van der Waals surface area contributed by atoms with E-state index >= 15 is 0 Å². The van der Waals surface area contributed by atoms with E-state index in [1.165, 1.54) is 0 Å². The summed E-state index contributed by atoms with van der Waals surface area (Å²) in [5.41, 5.74) is 18.0. The van der Waals surface area contributed by atoms with Gasteiger partial charge in [-0.3, -0.25) is 4.79 Å². The highest BCUT2D eigenvalue weighted by Crippen LogP contribution is 2.04. The normalized spacial score (nSPS) is 11.6. The third-order valence-corrected chi connectivity index (χ3v) is 3.31. The molecule has 0 aliphatic carbocycles. The summed E-state index contributed by atoms with van der Waals surface area (Å²) in [5, 5.41) is 10.0. The van der Waals surface area contributed by atoms with Crippen molar-refractivity contribution in [2.75, 3.05) is 46.2 Å². The lowest BCUT2D eigenvalue weighted by Crippen LogP contribution is -2.14. The third kappa shape index (κ3) is 16.4. The molecule has 0 aliphatic rings. The number of rotatable bonds is 15. The molecular weight excluding hydrogens is 388 g/mol. The van der Waals surface area contributed by atoms with Gasteiger partial charge in [0.2, 0.25) is 6.41 Å². The molecule has 10 nitrogen and oxygen atoms in total. The quantitative estimate of drug-likeness (QED) is 0.104. The van der Waals surface area contributed by atoms with E-state index < -0.39 is 0 Å². The first-order valence-corrected chi connectivity index (χ1v) is 9.87. The monoisotopic (exact) mass is 424 g/mol. The summed E-state index contributed by atoms with van der Waals surface area (Å²) in [5.74, 6) is 0.643. The van der Waals surface area contributed by atoms with Crippen molar-refractivity contribution in [1.82, 2.24) is 5.32 Å². The minimum Gasteiger partial charge on any atom is -0.386 e. The van der Waals surface area contributed by atoms with Gasteiger partial charge in [-0.2, -0.15) is 0 Å². The largest absolute Gasteiger partial charge is 0.386 e. The number of amides is 1. The van der Waals surface area contributed by atoms with E-state index in [0.717, 1.165) is 24.2 Å². The Morgan fingerprint density at radius 2 is 1.53 bits per heavy atom. The molecule has 0 saturated carbocycles. The van der Waals surface area contributed by atoms with Gasteiger partial charge >= 0.3 is 0 Å². The molecule has 0 aromatic heterocycles. The third-order valence-electron chi connectivity index (χ3n) is 3.31. The van der Waals surface area contributed by atoms with E-state index in [9.17, 15) is 4.79 Å². The van der Waals surface area contributed by atoms with Crippen molar-refractivity contribution in [1.29, 1.82) is 0 Å². The van der Waals surface area contributed by atoms with Crippen molar-refractivity contribution in [3.63, 3.8) is 0 Å². The van der Waals surface area contributed by atoms with Crippen molar-refractivity contribution in [2.45, 2.75) is 26.8 Å². The number of nitrogens with two attached hydrogens (primary N) is 3. The number of nitrogens with zero attached hydrogens (tertiary/aromatic N) is 2. The first-order chi connectivity index (χ1) is 14.5. The van der Waals surface area contributed by atoms with Gasteiger partial charge in [-0.05, 0) is 18.9 Å². The Balaban J connectivity index is 0.000000584. The Kier molecular flexibility index (Phi) is 18.1. The predicted molar refractivity (Wildman–Crippen MR) is 119 cm³/mol. The molecule has 10 heteroatoms. The zero-order valence-electron chi connectivity index (χ0n) is 18.0. The van der Waals surface area contributed by atoms with Crippen LogP contribution in [0.4, 0.5) is 0 Å². The number of amidine groups is 2. The number of ether oxygens (including phenoxy) is 3. The summed E-state index contributed by atoms with van der Waals surface area (Å²) in [6.07, 6.45) is 1.71. The lowest BCUT2D eigenvalue weighted by molar-refractivity contribution is -0.109. The molecule has 0 heterocycles. The molecule has 0 unspecified atom stereocenters. The number of carbonyl (C=O) groups excluding carboxylic acids is 1. The van der Waals surface area contributed by atoms with Gasteiger partial charge < -0.3 is 36.7 Å². The fraction of sp³-hybridized carbons (Fsp3) is 0.550. The summed E-state index contributed by atoms with van der Waals surface area (Å²) >= 11 is 0. The van der Waals surface area contributed by atoms with Gasteiger partial charge in [-0.25, -0.2) is 0 Å². The molecule has 0 radical (unpaired) electrons. The molecule has 170 valence electrons. The fourth-order valence-electron chi connectivity index (χ4n) is 1.91. The van der Waals surface area contributed by atoms with E-state index in [1.807, 2.05) is 24.3 Å². The maximum Gasteiger partial charge on any atom is 0.207 e. The SMILES string of the molecule is C/C(N)=N/N=C(\N)c1ccc(CNC=O)cc1.CCCOCCOCCOCCN. The van der Waals surface area contributed by atoms with Crippen LogP contribution in [0.5, 0.6) is 0 Å². The second-order valence-electron chi connectivity index (χ2n) is 6.05. The highest BCUT2D eigenvalue weighted by atomic mass is 16.5. The van der Waals surface area contributed by atoms with Crippen molar-refractivity contribution in [3.05, 3.63) is 35.4 Å². The van der Waals surface area contributed by atoms with E-state index in [1.54, 1.807) is 6.92 Å². The standard InChI is InChI=1S/C11H15N5O.C9H21NO3/c1-8(12)15-16-11(13)10-4-2-9(3-5-10)6-14-7-17;1-2-4-11-6-8-13-9-7-12-5-3-10/h2-5,7H,6H2,1H3,(H2,12,15)(H2,13,16)(H,14,17);2-10H2,1H3. The summed E-state index contributed by atoms with van der Waals surface area (Å²) < 4.78 is 15.6. The Bertz CT molecular complexity index is 594. The maximum absolute atomic E-state index is 10.1. The fourth-order valence-corrected chi connectivity index (χ4v) is 1.91. The molecule has 0 saturated heterocycles. The van der Waals surface area contributed by atoms with Gasteiger partial charge in [0.25, 0.3) is 0 Å². The zero-order valence-corrected chi connectivity index (χ0v) is 18.0. The lowest BCUT2D eigenvalue weighted by Gasteiger charge is -2.05. The number of carbonyl (C=O) groups is 1. The van der Waals surface area contributed by atoms with Crippen molar-refractivity contribution >= 4 is 18.1 Å².